The molecule has 0 radical (unpaired) electrons. The zero-order valence-corrected chi connectivity index (χ0v) is 13.8. The van der Waals surface area contributed by atoms with E-state index >= 15 is 0 Å². The third-order valence-electron chi connectivity index (χ3n) is 5.04. The van der Waals surface area contributed by atoms with Crippen molar-refractivity contribution in [1.82, 2.24) is 4.90 Å². The highest BCUT2D eigenvalue weighted by atomic mass is 35.5. The zero-order chi connectivity index (χ0) is 15.0. The molecule has 2 bridgehead atoms. The van der Waals surface area contributed by atoms with Crippen LogP contribution in [0.2, 0.25) is 10.0 Å². The van der Waals surface area contributed by atoms with Crippen LogP contribution >= 0.6 is 23.2 Å². The van der Waals surface area contributed by atoms with Gasteiger partial charge in [-0.25, -0.2) is 0 Å². The fraction of sp³-hybridized carbons (Fsp3) is 0.562. The van der Waals surface area contributed by atoms with Crippen LogP contribution in [0.25, 0.3) is 0 Å². The maximum absolute atomic E-state index is 6.20. The highest BCUT2D eigenvalue weighted by Crippen LogP contribution is 2.46. The van der Waals surface area contributed by atoms with Crippen molar-refractivity contribution in [3.63, 3.8) is 0 Å². The summed E-state index contributed by atoms with van der Waals surface area (Å²) in [5, 5.41) is 5.29. The van der Waals surface area contributed by atoms with Gasteiger partial charge in [0.1, 0.15) is 7.11 Å². The first kappa shape index (κ1) is 15.1. The number of halogens is 2. The number of rotatable bonds is 3. The van der Waals surface area contributed by atoms with E-state index in [-0.39, 0.29) is 0 Å². The molecule has 3 rings (SSSR count). The van der Waals surface area contributed by atoms with Crippen LogP contribution in [0, 0.1) is 5.92 Å². The van der Waals surface area contributed by atoms with Gasteiger partial charge in [-0.1, -0.05) is 34.4 Å². The van der Waals surface area contributed by atoms with Gasteiger partial charge in [0.2, 0.25) is 0 Å². The van der Waals surface area contributed by atoms with Crippen molar-refractivity contribution in [2.45, 2.75) is 37.3 Å². The SMILES string of the molecule is CO/N=C/[C@@H]1[C@@H](c2ccc(Cl)c(Cl)c2)C[C@H]2CC[C@@H]1N2C. The molecule has 0 unspecified atom stereocenters. The minimum Gasteiger partial charge on any atom is -0.399 e. The normalized spacial score (nSPS) is 32.8. The molecule has 2 aliphatic heterocycles. The standard InChI is InChI=1S/C16H20Cl2N2O/c1-20-11-4-6-16(20)13(9-19-21-2)12(8-11)10-3-5-14(17)15(18)7-10/h3,5,7,9,11-13,16H,4,6,8H2,1-2H3/b19-9+/t11-,12-,13-,16+/m1/s1. The highest BCUT2D eigenvalue weighted by Gasteiger charge is 2.45. The Bertz CT molecular complexity index is 549. The van der Waals surface area contributed by atoms with Crippen LogP contribution in [0.15, 0.2) is 23.4 Å². The Kier molecular flexibility index (Phi) is 4.43. The molecule has 21 heavy (non-hydrogen) atoms. The third kappa shape index (κ3) is 2.79. The van der Waals surface area contributed by atoms with E-state index < -0.39 is 0 Å². The summed E-state index contributed by atoms with van der Waals surface area (Å²) in [5.41, 5.74) is 1.25. The lowest BCUT2D eigenvalue weighted by atomic mass is 9.77. The quantitative estimate of drug-likeness (QED) is 0.614. The fourth-order valence-corrected chi connectivity index (χ4v) is 4.25. The van der Waals surface area contributed by atoms with Crippen molar-refractivity contribution in [3.8, 4) is 0 Å². The Balaban J connectivity index is 1.94. The molecule has 0 aromatic heterocycles. The van der Waals surface area contributed by atoms with Crippen LogP contribution in [0.4, 0.5) is 0 Å². The Labute approximate surface area is 135 Å². The minimum atomic E-state index is 0.353. The molecule has 2 aliphatic rings. The average molecular weight is 327 g/mol. The van der Waals surface area contributed by atoms with E-state index in [2.05, 4.69) is 23.2 Å². The molecule has 4 atom stereocenters. The highest BCUT2D eigenvalue weighted by molar-refractivity contribution is 6.42. The lowest BCUT2D eigenvalue weighted by Gasteiger charge is -2.41. The molecule has 0 N–H and O–H groups in total. The van der Waals surface area contributed by atoms with E-state index in [1.807, 2.05) is 18.3 Å². The maximum Gasteiger partial charge on any atom is 0.106 e. The van der Waals surface area contributed by atoms with Crippen LogP contribution in [-0.2, 0) is 4.84 Å². The second-order valence-corrected chi connectivity index (χ2v) is 6.81. The Hall–Kier alpha value is -0.770. The topological polar surface area (TPSA) is 24.8 Å². The predicted molar refractivity (Wildman–Crippen MR) is 87.4 cm³/mol. The second-order valence-electron chi connectivity index (χ2n) is 5.99. The van der Waals surface area contributed by atoms with Crippen LogP contribution in [0.5, 0.6) is 0 Å². The monoisotopic (exact) mass is 326 g/mol. The Morgan fingerprint density at radius 1 is 1.29 bits per heavy atom. The summed E-state index contributed by atoms with van der Waals surface area (Å²) in [6, 6.07) is 7.18. The molecule has 0 spiro atoms. The Morgan fingerprint density at radius 2 is 2.10 bits per heavy atom. The molecule has 1 aromatic carbocycles. The summed E-state index contributed by atoms with van der Waals surface area (Å²) in [5.74, 6) is 0.776. The van der Waals surface area contributed by atoms with Crippen LogP contribution in [-0.4, -0.2) is 37.4 Å². The predicted octanol–water partition coefficient (Wildman–Crippen LogP) is 4.19. The maximum atomic E-state index is 6.20. The number of hydrogen-bond acceptors (Lipinski definition) is 3. The molecule has 2 saturated heterocycles. The number of fused-ring (bicyclic) bond motifs is 2. The summed E-state index contributed by atoms with van der Waals surface area (Å²) in [7, 11) is 3.82. The van der Waals surface area contributed by atoms with Gasteiger partial charge < -0.3 is 4.84 Å². The van der Waals surface area contributed by atoms with Crippen LogP contribution < -0.4 is 0 Å². The molecule has 0 amide bonds. The van der Waals surface area contributed by atoms with Gasteiger partial charge in [-0.05, 0) is 49.9 Å². The average Bonchev–Trinajstić information content (AvgIpc) is 2.72. The lowest BCUT2D eigenvalue weighted by Crippen LogP contribution is -2.46. The molecule has 3 nitrogen and oxygen atoms in total. The van der Waals surface area contributed by atoms with E-state index in [1.54, 1.807) is 7.11 Å². The van der Waals surface area contributed by atoms with Crippen molar-refractivity contribution in [3.05, 3.63) is 33.8 Å². The van der Waals surface area contributed by atoms with Crippen molar-refractivity contribution < 1.29 is 4.84 Å². The molecule has 5 heteroatoms. The van der Waals surface area contributed by atoms with Crippen LogP contribution in [0.3, 0.4) is 0 Å². The molecule has 1 aromatic rings. The lowest BCUT2D eigenvalue weighted by molar-refractivity contribution is 0.131. The van der Waals surface area contributed by atoms with E-state index in [9.17, 15) is 0 Å². The molecule has 2 fully saturated rings. The summed E-state index contributed by atoms with van der Waals surface area (Å²) in [4.78, 5) is 7.42. The summed E-state index contributed by atoms with van der Waals surface area (Å²) in [6.45, 7) is 0. The van der Waals surface area contributed by atoms with Crippen molar-refractivity contribution in [2.24, 2.45) is 11.1 Å². The first-order valence-electron chi connectivity index (χ1n) is 7.35. The van der Waals surface area contributed by atoms with Gasteiger partial charge in [-0.3, -0.25) is 4.90 Å². The number of hydrogen-bond donors (Lipinski definition) is 0. The van der Waals surface area contributed by atoms with E-state index in [4.69, 9.17) is 28.0 Å². The summed E-state index contributed by atoms with van der Waals surface area (Å²) >= 11 is 12.2. The largest absolute Gasteiger partial charge is 0.399 e. The number of benzene rings is 1. The summed E-state index contributed by atoms with van der Waals surface area (Å²) in [6.07, 6.45) is 5.58. The van der Waals surface area contributed by atoms with Gasteiger partial charge in [0.15, 0.2) is 0 Å². The molecule has 0 aliphatic carbocycles. The second kappa shape index (κ2) is 6.15. The van der Waals surface area contributed by atoms with Gasteiger partial charge in [0.05, 0.1) is 10.0 Å². The summed E-state index contributed by atoms with van der Waals surface area (Å²) < 4.78 is 0. The smallest absolute Gasteiger partial charge is 0.106 e. The fourth-order valence-electron chi connectivity index (χ4n) is 3.94. The molecular formula is C16H20Cl2N2O. The Morgan fingerprint density at radius 3 is 2.81 bits per heavy atom. The molecule has 2 heterocycles. The van der Waals surface area contributed by atoms with Crippen molar-refractivity contribution >= 4 is 29.4 Å². The molecule has 0 saturated carbocycles. The van der Waals surface area contributed by atoms with Gasteiger partial charge in [0, 0.05) is 24.2 Å². The van der Waals surface area contributed by atoms with Gasteiger partial charge >= 0.3 is 0 Å². The number of piperidine rings is 1. The number of nitrogens with zero attached hydrogens (tertiary/aromatic N) is 2. The number of oxime groups is 1. The van der Waals surface area contributed by atoms with E-state index in [0.29, 0.717) is 34.0 Å². The van der Waals surface area contributed by atoms with E-state index in [1.165, 1.54) is 18.4 Å². The van der Waals surface area contributed by atoms with Crippen molar-refractivity contribution in [1.29, 1.82) is 0 Å². The van der Waals surface area contributed by atoms with Gasteiger partial charge in [-0.2, -0.15) is 0 Å². The third-order valence-corrected chi connectivity index (χ3v) is 5.78. The van der Waals surface area contributed by atoms with Gasteiger partial charge in [0.25, 0.3) is 0 Å². The van der Waals surface area contributed by atoms with Crippen LogP contribution in [0.1, 0.15) is 30.7 Å². The molecular weight excluding hydrogens is 307 g/mol. The molecule has 114 valence electrons. The van der Waals surface area contributed by atoms with Gasteiger partial charge in [-0.15, -0.1) is 0 Å². The first-order chi connectivity index (χ1) is 10.1. The first-order valence-corrected chi connectivity index (χ1v) is 8.11. The zero-order valence-electron chi connectivity index (χ0n) is 12.3. The minimum absolute atomic E-state index is 0.353. The van der Waals surface area contributed by atoms with E-state index in [0.717, 1.165) is 6.42 Å². The van der Waals surface area contributed by atoms with Crippen molar-refractivity contribution in [2.75, 3.05) is 14.2 Å².